The molecule has 1 N–H and O–H groups in total. The molecule has 2 aromatic heterocycles. The Hall–Kier alpha value is -2.48. The van der Waals surface area contributed by atoms with Gasteiger partial charge in [-0.05, 0) is 13.0 Å². The van der Waals surface area contributed by atoms with Crippen LogP contribution in [0.1, 0.15) is 42.0 Å². The van der Waals surface area contributed by atoms with Crippen molar-refractivity contribution < 1.29 is 14.3 Å². The van der Waals surface area contributed by atoms with Gasteiger partial charge in [0.05, 0.1) is 19.8 Å². The van der Waals surface area contributed by atoms with Crippen LogP contribution in [0.3, 0.4) is 0 Å². The van der Waals surface area contributed by atoms with Crippen LogP contribution in [-0.4, -0.2) is 57.3 Å². The summed E-state index contributed by atoms with van der Waals surface area (Å²) in [7, 11) is 0. The topological polar surface area (TPSA) is 93.2 Å². The Morgan fingerprint density at radius 1 is 1.50 bits per heavy atom. The first kappa shape index (κ1) is 16.4. The Labute approximate surface area is 140 Å². The fourth-order valence-corrected chi connectivity index (χ4v) is 2.55. The molecule has 8 nitrogen and oxygen atoms in total. The first-order chi connectivity index (χ1) is 11.7. The Morgan fingerprint density at radius 3 is 3.12 bits per heavy atom. The fraction of sp³-hybridized carbons (Fsp3) is 0.500. The third kappa shape index (κ3) is 3.53. The van der Waals surface area contributed by atoms with Gasteiger partial charge in [-0.1, -0.05) is 6.92 Å². The minimum absolute atomic E-state index is 0.0714. The largest absolute Gasteiger partial charge is 0.478 e. The van der Waals surface area contributed by atoms with Crippen molar-refractivity contribution in [3.05, 3.63) is 35.5 Å². The van der Waals surface area contributed by atoms with Gasteiger partial charge >= 0.3 is 0 Å². The van der Waals surface area contributed by atoms with Crippen LogP contribution >= 0.6 is 0 Å². The summed E-state index contributed by atoms with van der Waals surface area (Å²) in [4.78, 5) is 23.0. The number of nitrogens with one attached hydrogen (secondary N) is 1. The van der Waals surface area contributed by atoms with Crippen LogP contribution in [0.2, 0.25) is 0 Å². The molecule has 0 radical (unpaired) electrons. The predicted octanol–water partition coefficient (Wildman–Crippen LogP) is 1.37. The first-order valence-corrected chi connectivity index (χ1v) is 8.12. The highest BCUT2D eigenvalue weighted by molar-refractivity contribution is 5.94. The quantitative estimate of drug-likeness (QED) is 0.889. The van der Waals surface area contributed by atoms with Crippen LogP contribution in [0.4, 0.5) is 0 Å². The number of H-pyrrole nitrogens is 1. The SMILES string of the molecule is CCOc1cc(C(=O)N2CCO[C@H](c3n[nH]c(CC)n3)C2)ccn1. The molecule has 0 unspecified atom stereocenters. The van der Waals surface area contributed by atoms with Crippen LogP contribution in [0.25, 0.3) is 0 Å². The van der Waals surface area contributed by atoms with Crippen molar-refractivity contribution in [1.82, 2.24) is 25.1 Å². The summed E-state index contributed by atoms with van der Waals surface area (Å²) in [5.41, 5.74) is 0.554. The number of carbonyl (C=O) groups is 1. The molecule has 0 bridgehead atoms. The summed E-state index contributed by atoms with van der Waals surface area (Å²) >= 11 is 0. The van der Waals surface area contributed by atoms with Gasteiger partial charge in [-0.15, -0.1) is 0 Å². The number of carbonyl (C=O) groups excluding carboxylic acids is 1. The lowest BCUT2D eigenvalue weighted by molar-refractivity contribution is -0.0266. The van der Waals surface area contributed by atoms with Gasteiger partial charge in [0.15, 0.2) is 5.82 Å². The highest BCUT2D eigenvalue weighted by Gasteiger charge is 2.28. The molecule has 1 fully saturated rings. The summed E-state index contributed by atoms with van der Waals surface area (Å²) in [5.74, 6) is 1.79. The van der Waals surface area contributed by atoms with Gasteiger partial charge in [0.1, 0.15) is 11.9 Å². The fourth-order valence-electron chi connectivity index (χ4n) is 2.55. The molecule has 1 aliphatic rings. The molecule has 1 saturated heterocycles. The molecule has 0 spiro atoms. The number of hydrogen-bond acceptors (Lipinski definition) is 6. The van der Waals surface area contributed by atoms with E-state index in [9.17, 15) is 4.79 Å². The molecule has 1 atom stereocenters. The van der Waals surface area contributed by atoms with E-state index < -0.39 is 0 Å². The molecule has 8 heteroatoms. The third-order valence-electron chi connectivity index (χ3n) is 3.80. The summed E-state index contributed by atoms with van der Waals surface area (Å²) in [6.45, 7) is 5.80. The molecule has 3 rings (SSSR count). The maximum absolute atomic E-state index is 12.7. The summed E-state index contributed by atoms with van der Waals surface area (Å²) in [6, 6.07) is 3.36. The van der Waals surface area contributed by atoms with Crippen molar-refractivity contribution in [2.45, 2.75) is 26.4 Å². The van der Waals surface area contributed by atoms with Crippen LogP contribution in [0, 0.1) is 0 Å². The molecule has 0 aliphatic carbocycles. The van der Waals surface area contributed by atoms with Crippen LogP contribution in [0.15, 0.2) is 18.3 Å². The van der Waals surface area contributed by atoms with Crippen molar-refractivity contribution in [2.24, 2.45) is 0 Å². The van der Waals surface area contributed by atoms with Crippen LogP contribution in [-0.2, 0) is 11.2 Å². The van der Waals surface area contributed by atoms with E-state index >= 15 is 0 Å². The number of aryl methyl sites for hydroxylation is 1. The molecule has 1 amide bonds. The normalized spacial score (nSPS) is 17.8. The van der Waals surface area contributed by atoms with E-state index in [0.29, 0.717) is 43.6 Å². The van der Waals surface area contributed by atoms with Gasteiger partial charge < -0.3 is 14.4 Å². The maximum atomic E-state index is 12.7. The van der Waals surface area contributed by atoms with E-state index in [0.717, 1.165) is 12.2 Å². The van der Waals surface area contributed by atoms with Crippen molar-refractivity contribution >= 4 is 5.91 Å². The minimum atomic E-state index is -0.313. The monoisotopic (exact) mass is 331 g/mol. The zero-order valence-corrected chi connectivity index (χ0v) is 13.9. The van der Waals surface area contributed by atoms with Crippen molar-refractivity contribution in [2.75, 3.05) is 26.3 Å². The van der Waals surface area contributed by atoms with Gasteiger partial charge in [-0.2, -0.15) is 5.10 Å². The molecule has 0 aromatic carbocycles. The molecule has 128 valence electrons. The number of nitrogens with zero attached hydrogens (tertiary/aromatic N) is 4. The van der Waals surface area contributed by atoms with Crippen LogP contribution in [0.5, 0.6) is 5.88 Å². The smallest absolute Gasteiger partial charge is 0.254 e. The summed E-state index contributed by atoms with van der Waals surface area (Å²) < 4.78 is 11.1. The zero-order valence-electron chi connectivity index (χ0n) is 13.9. The number of hydrogen-bond donors (Lipinski definition) is 1. The first-order valence-electron chi connectivity index (χ1n) is 8.12. The van der Waals surface area contributed by atoms with Crippen molar-refractivity contribution in [1.29, 1.82) is 0 Å². The Balaban J connectivity index is 1.71. The lowest BCUT2D eigenvalue weighted by Gasteiger charge is -2.31. The summed E-state index contributed by atoms with van der Waals surface area (Å²) in [5, 5.41) is 7.07. The molecule has 2 aromatic rings. The van der Waals surface area contributed by atoms with E-state index in [-0.39, 0.29) is 12.0 Å². The third-order valence-corrected chi connectivity index (χ3v) is 3.80. The van der Waals surface area contributed by atoms with Crippen LogP contribution < -0.4 is 4.74 Å². The van der Waals surface area contributed by atoms with Gasteiger partial charge in [-0.25, -0.2) is 9.97 Å². The highest BCUT2D eigenvalue weighted by Crippen LogP contribution is 2.21. The number of aromatic nitrogens is 4. The number of amides is 1. The number of ether oxygens (including phenoxy) is 2. The molecule has 24 heavy (non-hydrogen) atoms. The molecule has 0 saturated carbocycles. The number of pyridine rings is 1. The molecular weight excluding hydrogens is 310 g/mol. The van der Waals surface area contributed by atoms with E-state index in [1.54, 1.807) is 23.2 Å². The standard InChI is InChI=1S/C16H21N5O3/c1-3-13-18-15(20-19-13)12-10-21(7-8-24-12)16(22)11-5-6-17-14(9-11)23-4-2/h5-6,9,12H,3-4,7-8,10H2,1-2H3,(H,18,19,20)/t12-/m0/s1. The lowest BCUT2D eigenvalue weighted by Crippen LogP contribution is -2.42. The predicted molar refractivity (Wildman–Crippen MR) is 85.8 cm³/mol. The van der Waals surface area contributed by atoms with E-state index in [2.05, 4.69) is 20.2 Å². The number of rotatable bonds is 5. The number of morpholine rings is 1. The summed E-state index contributed by atoms with van der Waals surface area (Å²) in [6.07, 6.45) is 2.05. The Kier molecular flexibility index (Phi) is 5.05. The second-order valence-electron chi connectivity index (χ2n) is 5.42. The average Bonchev–Trinajstić information content (AvgIpc) is 3.11. The molecular formula is C16H21N5O3. The second kappa shape index (κ2) is 7.39. The van der Waals surface area contributed by atoms with Gasteiger partial charge in [0.2, 0.25) is 5.88 Å². The maximum Gasteiger partial charge on any atom is 0.254 e. The van der Waals surface area contributed by atoms with E-state index in [4.69, 9.17) is 9.47 Å². The number of aromatic amines is 1. The molecule has 1 aliphatic heterocycles. The Morgan fingerprint density at radius 2 is 2.38 bits per heavy atom. The zero-order chi connectivity index (χ0) is 16.9. The minimum Gasteiger partial charge on any atom is -0.478 e. The second-order valence-corrected chi connectivity index (χ2v) is 5.42. The highest BCUT2D eigenvalue weighted by atomic mass is 16.5. The van der Waals surface area contributed by atoms with Gasteiger partial charge in [-0.3, -0.25) is 9.89 Å². The lowest BCUT2D eigenvalue weighted by atomic mass is 10.2. The van der Waals surface area contributed by atoms with Gasteiger partial charge in [0.25, 0.3) is 5.91 Å². The van der Waals surface area contributed by atoms with E-state index in [1.165, 1.54) is 0 Å². The van der Waals surface area contributed by atoms with Crippen molar-refractivity contribution in [3.63, 3.8) is 0 Å². The molecule has 3 heterocycles. The van der Waals surface area contributed by atoms with Crippen molar-refractivity contribution in [3.8, 4) is 5.88 Å². The average molecular weight is 331 g/mol. The van der Waals surface area contributed by atoms with E-state index in [1.807, 2.05) is 13.8 Å². The van der Waals surface area contributed by atoms with Gasteiger partial charge in [0, 0.05) is 30.8 Å². The Bertz CT molecular complexity index is 703.